The molecule has 0 N–H and O–H groups in total. The molecular formula is C21H35NO3S. The van der Waals surface area contributed by atoms with Crippen molar-refractivity contribution in [2.24, 2.45) is 0 Å². The Morgan fingerprint density at radius 2 is 1.19 bits per heavy atom. The molecule has 0 heterocycles. The van der Waals surface area contributed by atoms with Gasteiger partial charge < -0.3 is 9.04 Å². The maximum Gasteiger partial charge on any atom is 0.124 e. The van der Waals surface area contributed by atoms with Crippen molar-refractivity contribution in [3.63, 3.8) is 0 Å². The van der Waals surface area contributed by atoms with Gasteiger partial charge in [0.25, 0.3) is 0 Å². The molecule has 0 amide bonds. The van der Waals surface area contributed by atoms with E-state index in [1.165, 1.54) is 80.8 Å². The number of nitrogens with zero attached hydrogens (tertiary/aromatic N) is 1. The fourth-order valence-corrected chi connectivity index (χ4v) is 4.97. The van der Waals surface area contributed by atoms with Gasteiger partial charge in [-0.3, -0.25) is 0 Å². The van der Waals surface area contributed by atoms with Crippen LogP contribution in [0.15, 0.2) is 29.2 Å². The van der Waals surface area contributed by atoms with E-state index in [1.54, 1.807) is 12.1 Å². The van der Waals surface area contributed by atoms with Crippen molar-refractivity contribution < 1.29 is 17.5 Å². The summed E-state index contributed by atoms with van der Waals surface area (Å²) in [6.07, 6.45) is 14.9. The van der Waals surface area contributed by atoms with Gasteiger partial charge >= 0.3 is 0 Å². The summed E-state index contributed by atoms with van der Waals surface area (Å²) in [6.45, 7) is 1.82. The second-order valence-corrected chi connectivity index (χ2v) is 9.86. The highest BCUT2D eigenvalue weighted by molar-refractivity contribution is 7.85. The summed E-state index contributed by atoms with van der Waals surface area (Å²) in [6, 6.07) is 7.73. The van der Waals surface area contributed by atoms with Crippen LogP contribution in [0, 0.1) is 6.92 Å². The van der Waals surface area contributed by atoms with E-state index in [9.17, 15) is 13.0 Å². The van der Waals surface area contributed by atoms with E-state index >= 15 is 0 Å². The summed E-state index contributed by atoms with van der Waals surface area (Å²) in [7, 11) is 0.742. The minimum Gasteiger partial charge on any atom is -0.744 e. The Morgan fingerprint density at radius 3 is 1.54 bits per heavy atom. The third-order valence-corrected chi connectivity index (χ3v) is 7.19. The van der Waals surface area contributed by atoms with Crippen molar-refractivity contribution in [1.82, 2.24) is 0 Å². The molecule has 0 bridgehead atoms. The van der Waals surface area contributed by atoms with Gasteiger partial charge in [0.1, 0.15) is 10.1 Å². The Balaban J connectivity index is 0.000000197. The van der Waals surface area contributed by atoms with Crippen LogP contribution in [0.25, 0.3) is 0 Å². The van der Waals surface area contributed by atoms with Crippen LogP contribution >= 0.6 is 0 Å². The Morgan fingerprint density at radius 1 is 0.808 bits per heavy atom. The molecule has 0 radical (unpaired) electrons. The molecule has 2 aliphatic rings. The molecule has 1 aromatic carbocycles. The quantitative estimate of drug-likeness (QED) is 0.567. The third-order valence-electron chi connectivity index (χ3n) is 6.34. The zero-order chi connectivity index (χ0) is 19.2. The summed E-state index contributed by atoms with van der Waals surface area (Å²) in [5.74, 6) is 0. The summed E-state index contributed by atoms with van der Waals surface area (Å²) < 4.78 is 32.5. The number of rotatable bonds is 3. The molecule has 0 aromatic heterocycles. The Hall–Kier alpha value is -0.910. The van der Waals surface area contributed by atoms with Gasteiger partial charge in [0.2, 0.25) is 0 Å². The van der Waals surface area contributed by atoms with Crippen LogP contribution in [-0.4, -0.2) is 43.6 Å². The molecule has 1 aromatic rings. The minimum atomic E-state index is -4.27. The van der Waals surface area contributed by atoms with Crippen LogP contribution in [0.2, 0.25) is 0 Å². The van der Waals surface area contributed by atoms with Gasteiger partial charge in [-0.05, 0) is 70.4 Å². The standard InChI is InChI=1S/C14H28N.C7H8O3S/c1-15(2,13-9-5-3-6-10-13)14-11-7-4-8-12-14;1-6-2-4-7(5-3-6)11(8,9)10/h13-14H,3-12H2,1-2H3;2-5H,1H3,(H,8,9,10)/q+1;/p-1. The lowest BCUT2D eigenvalue weighted by Crippen LogP contribution is -2.56. The molecule has 0 aliphatic heterocycles. The van der Waals surface area contributed by atoms with Crippen molar-refractivity contribution >= 4 is 10.1 Å². The first-order valence-corrected chi connectivity index (χ1v) is 11.5. The van der Waals surface area contributed by atoms with Crippen molar-refractivity contribution in [2.75, 3.05) is 14.1 Å². The highest BCUT2D eigenvalue weighted by Gasteiger charge is 2.37. The molecule has 4 nitrogen and oxygen atoms in total. The van der Waals surface area contributed by atoms with Gasteiger partial charge in [0, 0.05) is 0 Å². The highest BCUT2D eigenvalue weighted by atomic mass is 32.2. The second kappa shape index (κ2) is 9.34. The van der Waals surface area contributed by atoms with E-state index in [0.717, 1.165) is 17.6 Å². The van der Waals surface area contributed by atoms with E-state index in [-0.39, 0.29) is 4.90 Å². The molecule has 5 heteroatoms. The fourth-order valence-electron chi connectivity index (χ4n) is 4.50. The van der Waals surface area contributed by atoms with Crippen molar-refractivity contribution in [3.05, 3.63) is 29.8 Å². The first-order chi connectivity index (χ1) is 12.2. The predicted molar refractivity (Wildman–Crippen MR) is 105 cm³/mol. The smallest absolute Gasteiger partial charge is 0.124 e. The number of aryl methyl sites for hydroxylation is 1. The molecule has 0 unspecified atom stereocenters. The van der Waals surface area contributed by atoms with Gasteiger partial charge in [0.15, 0.2) is 0 Å². The lowest BCUT2D eigenvalue weighted by atomic mass is 9.87. The maximum absolute atomic E-state index is 10.4. The molecule has 3 rings (SSSR count). The third kappa shape index (κ3) is 6.07. The van der Waals surface area contributed by atoms with Crippen LogP contribution in [0.5, 0.6) is 0 Å². The molecule has 0 spiro atoms. The lowest BCUT2D eigenvalue weighted by molar-refractivity contribution is -0.941. The first kappa shape index (κ1) is 21.4. The first-order valence-electron chi connectivity index (χ1n) is 10.1. The van der Waals surface area contributed by atoms with E-state index in [0.29, 0.717) is 0 Å². The van der Waals surface area contributed by atoms with Crippen molar-refractivity contribution in [1.29, 1.82) is 0 Å². The van der Waals surface area contributed by atoms with E-state index in [4.69, 9.17) is 0 Å². The normalized spacial score (nSPS) is 20.3. The van der Waals surface area contributed by atoms with E-state index in [2.05, 4.69) is 14.1 Å². The lowest BCUT2D eigenvalue weighted by Gasteiger charge is -2.47. The monoisotopic (exact) mass is 381 g/mol. The largest absolute Gasteiger partial charge is 0.744 e. The summed E-state index contributed by atoms with van der Waals surface area (Å²) in [5, 5.41) is 0. The van der Waals surface area contributed by atoms with Gasteiger partial charge in [-0.2, -0.15) is 0 Å². The van der Waals surface area contributed by atoms with Crippen LogP contribution in [-0.2, 0) is 10.1 Å². The fraction of sp³-hybridized carbons (Fsp3) is 0.714. The number of hydrogen-bond acceptors (Lipinski definition) is 3. The average Bonchev–Trinajstić information content (AvgIpc) is 2.63. The van der Waals surface area contributed by atoms with E-state index < -0.39 is 10.1 Å². The minimum absolute atomic E-state index is 0.178. The molecular weight excluding hydrogens is 346 g/mol. The maximum atomic E-state index is 10.4. The number of benzene rings is 1. The van der Waals surface area contributed by atoms with Gasteiger partial charge in [-0.15, -0.1) is 0 Å². The van der Waals surface area contributed by atoms with E-state index in [1.807, 2.05) is 6.92 Å². The molecule has 148 valence electrons. The van der Waals surface area contributed by atoms with Crippen LogP contribution in [0.3, 0.4) is 0 Å². The topological polar surface area (TPSA) is 57.2 Å². The Labute approximate surface area is 159 Å². The number of quaternary nitrogens is 1. The zero-order valence-corrected chi connectivity index (χ0v) is 17.4. The van der Waals surface area contributed by atoms with Gasteiger partial charge in [-0.25, -0.2) is 8.42 Å². The van der Waals surface area contributed by atoms with Crippen LogP contribution in [0.4, 0.5) is 0 Å². The van der Waals surface area contributed by atoms with Gasteiger partial charge in [-0.1, -0.05) is 30.5 Å². The Kier molecular flexibility index (Phi) is 7.68. The molecule has 26 heavy (non-hydrogen) atoms. The summed E-state index contributed by atoms with van der Waals surface area (Å²) in [4.78, 5) is -0.178. The van der Waals surface area contributed by atoms with Crippen molar-refractivity contribution in [2.45, 2.75) is 88.1 Å². The van der Waals surface area contributed by atoms with Crippen LogP contribution < -0.4 is 0 Å². The number of hydrogen-bond donors (Lipinski definition) is 0. The van der Waals surface area contributed by atoms with Crippen LogP contribution in [0.1, 0.15) is 69.8 Å². The summed E-state index contributed by atoms with van der Waals surface area (Å²) >= 11 is 0. The Bertz CT molecular complexity index is 620. The van der Waals surface area contributed by atoms with Crippen molar-refractivity contribution in [3.8, 4) is 0 Å². The van der Waals surface area contributed by atoms with Gasteiger partial charge in [0.05, 0.1) is 31.1 Å². The molecule has 2 fully saturated rings. The molecule has 2 saturated carbocycles. The highest BCUT2D eigenvalue weighted by Crippen LogP contribution is 2.33. The SMILES string of the molecule is C[N+](C)(C1CCCCC1)C1CCCCC1.Cc1ccc(S(=O)(=O)[O-])cc1. The average molecular weight is 382 g/mol. The predicted octanol–water partition coefficient (Wildman–Crippen LogP) is 4.63. The second-order valence-electron chi connectivity index (χ2n) is 8.48. The molecule has 2 aliphatic carbocycles. The summed E-state index contributed by atoms with van der Waals surface area (Å²) in [5.41, 5.74) is 0.928. The molecule has 0 saturated heterocycles. The molecule has 0 atom stereocenters. The zero-order valence-electron chi connectivity index (χ0n) is 16.6.